The van der Waals surface area contributed by atoms with Gasteiger partial charge in [-0.05, 0) is 82.3 Å². The van der Waals surface area contributed by atoms with E-state index >= 15 is 0 Å². The summed E-state index contributed by atoms with van der Waals surface area (Å²) in [4.78, 5) is 57.4. The van der Waals surface area contributed by atoms with E-state index in [9.17, 15) is 19.2 Å². The predicted molar refractivity (Wildman–Crippen MR) is 162 cm³/mol. The Morgan fingerprint density at radius 1 is 0.561 bits per heavy atom. The normalized spacial score (nSPS) is 16.0. The van der Waals surface area contributed by atoms with Gasteiger partial charge in [0.2, 0.25) is 0 Å². The van der Waals surface area contributed by atoms with E-state index in [4.69, 9.17) is 0 Å². The molecule has 41 heavy (non-hydrogen) atoms. The molecule has 0 radical (unpaired) electrons. The summed E-state index contributed by atoms with van der Waals surface area (Å²) >= 11 is 0. The molecule has 206 valence electrons. The molecule has 0 bridgehead atoms. The molecule has 2 aliphatic rings. The molecule has 4 amide bonds. The standard InChI is InChI=1S/C35H32N2O4/c1-5-6-7-16-36-32(38)24-12-8-20-22-10-14-26-31-27(35(41)37(34(26)40)19(4)17-18(2)3)15-11-23(29(22)31)21-9-13-25(33(36)39)30(24)28(20)21/h8-15,18-19H,5-7,16-17H2,1-4H3. The fourth-order valence-corrected chi connectivity index (χ4v) is 7.25. The first-order valence-corrected chi connectivity index (χ1v) is 14.7. The molecule has 0 aliphatic carbocycles. The van der Waals surface area contributed by atoms with E-state index in [0.29, 0.717) is 45.5 Å². The van der Waals surface area contributed by atoms with Crippen molar-refractivity contribution in [1.82, 2.24) is 9.80 Å². The highest BCUT2D eigenvalue weighted by Gasteiger charge is 2.38. The highest BCUT2D eigenvalue weighted by atomic mass is 16.2. The second-order valence-electron chi connectivity index (χ2n) is 12.1. The van der Waals surface area contributed by atoms with Gasteiger partial charge in [0.05, 0.1) is 0 Å². The van der Waals surface area contributed by atoms with Crippen LogP contribution in [0, 0.1) is 5.92 Å². The molecule has 0 aromatic heterocycles. The molecule has 7 rings (SSSR count). The Morgan fingerprint density at radius 2 is 0.976 bits per heavy atom. The summed E-state index contributed by atoms with van der Waals surface area (Å²) in [6.45, 7) is 8.63. The first kappa shape index (κ1) is 25.6. The Hall–Kier alpha value is -4.32. The Bertz CT molecular complexity index is 1850. The third kappa shape index (κ3) is 3.43. The van der Waals surface area contributed by atoms with Crippen LogP contribution in [0.4, 0.5) is 0 Å². The largest absolute Gasteiger partial charge is 0.274 e. The second kappa shape index (κ2) is 9.10. The number of hydrogen-bond acceptors (Lipinski definition) is 4. The summed E-state index contributed by atoms with van der Waals surface area (Å²) < 4.78 is 0. The van der Waals surface area contributed by atoms with Crippen molar-refractivity contribution in [2.45, 2.75) is 59.4 Å². The van der Waals surface area contributed by atoms with Crippen molar-refractivity contribution in [3.8, 4) is 0 Å². The third-order valence-corrected chi connectivity index (χ3v) is 8.99. The lowest BCUT2D eigenvalue weighted by Crippen LogP contribution is -2.46. The molecule has 2 heterocycles. The number of carbonyl (C=O) groups excluding carboxylic acids is 4. The molecule has 0 spiro atoms. The lowest BCUT2D eigenvalue weighted by Gasteiger charge is -2.33. The predicted octanol–water partition coefficient (Wildman–Crippen LogP) is 7.55. The Labute approximate surface area is 238 Å². The van der Waals surface area contributed by atoms with Crippen molar-refractivity contribution >= 4 is 66.7 Å². The van der Waals surface area contributed by atoms with Gasteiger partial charge in [0.15, 0.2) is 0 Å². The minimum atomic E-state index is -0.255. The average molecular weight is 545 g/mol. The van der Waals surface area contributed by atoms with Gasteiger partial charge in [-0.3, -0.25) is 29.0 Å². The highest BCUT2D eigenvalue weighted by molar-refractivity contribution is 6.41. The zero-order valence-electron chi connectivity index (χ0n) is 23.8. The summed E-state index contributed by atoms with van der Waals surface area (Å²) in [6, 6.07) is 15.0. The zero-order chi connectivity index (χ0) is 28.7. The molecule has 1 atom stereocenters. The van der Waals surface area contributed by atoms with Crippen molar-refractivity contribution in [3.05, 3.63) is 70.8 Å². The molecule has 6 heteroatoms. The van der Waals surface area contributed by atoms with Crippen LogP contribution >= 0.6 is 0 Å². The molecule has 0 N–H and O–H groups in total. The van der Waals surface area contributed by atoms with Crippen LogP contribution in [0.1, 0.15) is 94.8 Å². The summed E-state index contributed by atoms with van der Waals surface area (Å²) in [5.74, 6) is -0.650. The fraction of sp³-hybridized carbons (Fsp3) is 0.314. The van der Waals surface area contributed by atoms with E-state index in [1.54, 1.807) is 0 Å². The first-order chi connectivity index (χ1) is 19.7. The molecule has 0 saturated heterocycles. The highest BCUT2D eigenvalue weighted by Crippen LogP contribution is 2.46. The lowest BCUT2D eigenvalue weighted by atomic mass is 9.82. The van der Waals surface area contributed by atoms with Crippen LogP contribution in [0.25, 0.3) is 43.1 Å². The van der Waals surface area contributed by atoms with Gasteiger partial charge in [-0.2, -0.15) is 0 Å². The van der Waals surface area contributed by atoms with E-state index in [0.717, 1.165) is 58.0 Å². The van der Waals surface area contributed by atoms with E-state index in [1.165, 1.54) is 9.80 Å². The van der Waals surface area contributed by atoms with Gasteiger partial charge in [-0.25, -0.2) is 0 Å². The number of nitrogens with zero attached hydrogens (tertiary/aromatic N) is 2. The van der Waals surface area contributed by atoms with Gasteiger partial charge in [-0.1, -0.05) is 57.9 Å². The molecule has 5 aromatic carbocycles. The number of benzene rings is 5. The fourth-order valence-electron chi connectivity index (χ4n) is 7.25. The number of fused-ring (bicyclic) bond motifs is 2. The Morgan fingerprint density at radius 3 is 1.37 bits per heavy atom. The Kier molecular flexibility index (Phi) is 5.69. The number of rotatable bonds is 7. The van der Waals surface area contributed by atoms with Crippen LogP contribution in [-0.2, 0) is 0 Å². The number of hydrogen-bond donors (Lipinski definition) is 0. The maximum Gasteiger partial charge on any atom is 0.261 e. The maximum atomic E-state index is 13.8. The first-order valence-electron chi connectivity index (χ1n) is 14.7. The molecule has 0 fully saturated rings. The smallest absolute Gasteiger partial charge is 0.261 e. The summed E-state index contributed by atoms with van der Waals surface area (Å²) in [5.41, 5.74) is 2.17. The molecule has 1 unspecified atom stereocenters. The maximum absolute atomic E-state index is 13.8. The molecular formula is C35H32N2O4. The SMILES string of the molecule is CCCCCN1C(=O)c2ccc3c4ccc5c6c(ccc(c7ccc(c2c37)C1=O)c64)C(=O)N(C(C)CC(C)C)C5=O. The van der Waals surface area contributed by atoms with E-state index in [1.807, 2.05) is 55.5 Å². The van der Waals surface area contributed by atoms with Gasteiger partial charge in [0.1, 0.15) is 0 Å². The van der Waals surface area contributed by atoms with Crippen molar-refractivity contribution in [3.63, 3.8) is 0 Å². The molecule has 2 aliphatic heterocycles. The topological polar surface area (TPSA) is 74.8 Å². The molecule has 6 nitrogen and oxygen atoms in total. The quantitative estimate of drug-likeness (QED) is 0.0917. The number of amides is 4. The average Bonchev–Trinajstić information content (AvgIpc) is 2.95. The minimum Gasteiger partial charge on any atom is -0.274 e. The summed E-state index contributed by atoms with van der Waals surface area (Å²) in [7, 11) is 0. The van der Waals surface area contributed by atoms with Gasteiger partial charge < -0.3 is 0 Å². The van der Waals surface area contributed by atoms with Crippen LogP contribution in [0.3, 0.4) is 0 Å². The molecule has 5 aromatic rings. The van der Waals surface area contributed by atoms with E-state index in [2.05, 4.69) is 20.8 Å². The van der Waals surface area contributed by atoms with Crippen LogP contribution in [0.15, 0.2) is 48.5 Å². The summed E-state index contributed by atoms with van der Waals surface area (Å²) in [6.07, 6.45) is 3.49. The summed E-state index contributed by atoms with van der Waals surface area (Å²) in [5, 5.41) is 6.78. The van der Waals surface area contributed by atoms with Crippen LogP contribution in [-0.4, -0.2) is 46.0 Å². The lowest BCUT2D eigenvalue weighted by molar-refractivity contribution is 0.0532. The number of carbonyl (C=O) groups is 4. The van der Waals surface area contributed by atoms with E-state index in [-0.39, 0.29) is 29.7 Å². The van der Waals surface area contributed by atoms with Crippen molar-refractivity contribution in [2.75, 3.05) is 6.54 Å². The van der Waals surface area contributed by atoms with Gasteiger partial charge in [0, 0.05) is 45.6 Å². The van der Waals surface area contributed by atoms with Crippen LogP contribution in [0.2, 0.25) is 0 Å². The monoisotopic (exact) mass is 544 g/mol. The van der Waals surface area contributed by atoms with Gasteiger partial charge in [-0.15, -0.1) is 0 Å². The van der Waals surface area contributed by atoms with Crippen molar-refractivity contribution < 1.29 is 19.2 Å². The van der Waals surface area contributed by atoms with Gasteiger partial charge in [0.25, 0.3) is 23.6 Å². The number of imide groups is 2. The van der Waals surface area contributed by atoms with Crippen LogP contribution in [0.5, 0.6) is 0 Å². The molecular weight excluding hydrogens is 512 g/mol. The Balaban J connectivity index is 1.48. The second-order valence-corrected chi connectivity index (χ2v) is 12.1. The van der Waals surface area contributed by atoms with E-state index < -0.39 is 0 Å². The van der Waals surface area contributed by atoms with Crippen LogP contribution < -0.4 is 0 Å². The van der Waals surface area contributed by atoms with Crippen molar-refractivity contribution in [2.24, 2.45) is 5.92 Å². The zero-order valence-corrected chi connectivity index (χ0v) is 23.8. The minimum absolute atomic E-state index is 0.209. The molecule has 0 saturated carbocycles. The van der Waals surface area contributed by atoms with Crippen molar-refractivity contribution in [1.29, 1.82) is 0 Å². The third-order valence-electron chi connectivity index (χ3n) is 8.99. The number of unbranched alkanes of at least 4 members (excludes halogenated alkanes) is 2. The van der Waals surface area contributed by atoms with Gasteiger partial charge >= 0.3 is 0 Å².